The molecule has 0 fully saturated rings. The number of amides is 2. The number of pyridine rings is 2. The molecule has 0 saturated carbocycles. The van der Waals surface area contributed by atoms with Gasteiger partial charge in [0.1, 0.15) is 5.82 Å². The molecule has 1 aromatic carbocycles. The summed E-state index contributed by atoms with van der Waals surface area (Å²) < 4.78 is 13.4. The first-order valence-electron chi connectivity index (χ1n) is 9.61. The number of carbonyl (C=O) groups excluding carboxylic acids is 1. The normalized spacial score (nSPS) is 13.7. The van der Waals surface area contributed by atoms with E-state index < -0.39 is 5.82 Å². The maximum atomic E-state index is 13.4. The first-order valence-corrected chi connectivity index (χ1v) is 9.61. The van der Waals surface area contributed by atoms with Crippen LogP contribution in [0, 0.1) is 12.7 Å². The SMILES string of the molecule is Cc1cccc(-c2ccc3c(n2)N(C(=O)Nc2cncc(F)c2)CCCCN3)c1. The zero-order chi connectivity index (χ0) is 20.2. The third-order valence-electron chi connectivity index (χ3n) is 4.77. The number of benzene rings is 1. The first-order chi connectivity index (χ1) is 14.1. The van der Waals surface area contributed by atoms with Crippen LogP contribution in [0.5, 0.6) is 0 Å². The second kappa shape index (κ2) is 8.26. The zero-order valence-electron chi connectivity index (χ0n) is 16.2. The van der Waals surface area contributed by atoms with Crippen molar-refractivity contribution in [2.24, 2.45) is 0 Å². The van der Waals surface area contributed by atoms with Gasteiger partial charge in [0.05, 0.1) is 29.5 Å². The van der Waals surface area contributed by atoms with Gasteiger partial charge in [0.15, 0.2) is 5.82 Å². The van der Waals surface area contributed by atoms with Crippen molar-refractivity contribution < 1.29 is 9.18 Å². The number of aryl methyl sites for hydroxylation is 1. The minimum absolute atomic E-state index is 0.307. The molecule has 0 bridgehead atoms. The van der Waals surface area contributed by atoms with Gasteiger partial charge in [-0.05, 0) is 38.0 Å². The molecule has 3 heterocycles. The summed E-state index contributed by atoms with van der Waals surface area (Å²) in [6.45, 7) is 3.38. The second-order valence-electron chi connectivity index (χ2n) is 7.04. The number of halogens is 1. The highest BCUT2D eigenvalue weighted by atomic mass is 19.1. The molecule has 3 aromatic rings. The first kappa shape index (κ1) is 18.9. The zero-order valence-corrected chi connectivity index (χ0v) is 16.2. The number of urea groups is 1. The number of nitrogens with zero attached hydrogens (tertiary/aromatic N) is 3. The molecule has 1 aliphatic heterocycles. The molecule has 2 aromatic heterocycles. The molecule has 6 nitrogen and oxygen atoms in total. The fraction of sp³-hybridized carbons (Fsp3) is 0.227. The number of hydrogen-bond acceptors (Lipinski definition) is 4. The van der Waals surface area contributed by atoms with Crippen LogP contribution >= 0.6 is 0 Å². The van der Waals surface area contributed by atoms with E-state index in [0.29, 0.717) is 18.1 Å². The van der Waals surface area contributed by atoms with Crippen LogP contribution in [0.1, 0.15) is 18.4 Å². The fourth-order valence-electron chi connectivity index (χ4n) is 3.35. The number of anilines is 3. The average molecular weight is 391 g/mol. The summed E-state index contributed by atoms with van der Waals surface area (Å²) in [4.78, 5) is 23.2. The van der Waals surface area contributed by atoms with Gasteiger partial charge in [-0.25, -0.2) is 14.2 Å². The molecule has 4 rings (SSSR count). The lowest BCUT2D eigenvalue weighted by atomic mass is 10.1. The van der Waals surface area contributed by atoms with Gasteiger partial charge in [-0.2, -0.15) is 0 Å². The van der Waals surface area contributed by atoms with Crippen molar-refractivity contribution in [2.75, 3.05) is 28.6 Å². The van der Waals surface area contributed by atoms with Crippen molar-refractivity contribution in [1.29, 1.82) is 0 Å². The van der Waals surface area contributed by atoms with Crippen LogP contribution in [-0.4, -0.2) is 29.1 Å². The topological polar surface area (TPSA) is 70.2 Å². The van der Waals surface area contributed by atoms with Gasteiger partial charge >= 0.3 is 6.03 Å². The molecule has 2 amide bonds. The van der Waals surface area contributed by atoms with Crippen LogP contribution in [-0.2, 0) is 0 Å². The molecule has 29 heavy (non-hydrogen) atoms. The Hall–Kier alpha value is -3.48. The molecule has 0 saturated heterocycles. The van der Waals surface area contributed by atoms with Crippen LogP contribution in [0.4, 0.5) is 26.4 Å². The summed E-state index contributed by atoms with van der Waals surface area (Å²) in [5, 5.41) is 6.08. The van der Waals surface area contributed by atoms with Gasteiger partial charge < -0.3 is 10.6 Å². The molecule has 1 aliphatic rings. The highest BCUT2D eigenvalue weighted by molar-refractivity contribution is 6.03. The molecule has 0 aliphatic carbocycles. The standard InChI is InChI=1S/C22H22FN5O/c1-15-5-4-6-16(11-15)19-7-8-20-21(27-19)28(10-3-2-9-25-20)22(29)26-18-12-17(23)13-24-14-18/h4-8,11-14,25H,2-3,9-10H2,1H3,(H,26,29). The highest BCUT2D eigenvalue weighted by Gasteiger charge is 2.23. The molecule has 0 unspecified atom stereocenters. The number of nitrogens with one attached hydrogen (secondary N) is 2. The van der Waals surface area contributed by atoms with Crippen LogP contribution in [0.25, 0.3) is 11.3 Å². The van der Waals surface area contributed by atoms with Crippen LogP contribution in [0.3, 0.4) is 0 Å². The van der Waals surface area contributed by atoms with Gasteiger partial charge in [-0.15, -0.1) is 0 Å². The predicted molar refractivity (Wildman–Crippen MR) is 113 cm³/mol. The summed E-state index contributed by atoms with van der Waals surface area (Å²) in [5.74, 6) is 0.0583. The summed E-state index contributed by atoms with van der Waals surface area (Å²) in [7, 11) is 0. The van der Waals surface area contributed by atoms with Gasteiger partial charge in [-0.3, -0.25) is 9.88 Å². The summed E-state index contributed by atoms with van der Waals surface area (Å²) in [6, 6.07) is 12.9. The Morgan fingerprint density at radius 2 is 2.07 bits per heavy atom. The summed E-state index contributed by atoms with van der Waals surface area (Å²) >= 11 is 0. The van der Waals surface area contributed by atoms with Gasteiger partial charge in [-0.1, -0.05) is 23.8 Å². The van der Waals surface area contributed by atoms with E-state index in [4.69, 9.17) is 4.98 Å². The Balaban J connectivity index is 1.70. The molecule has 7 heteroatoms. The van der Waals surface area contributed by atoms with E-state index >= 15 is 0 Å². The van der Waals surface area contributed by atoms with Gasteiger partial charge in [0.25, 0.3) is 0 Å². The molecular formula is C22H22FN5O. The molecule has 2 N–H and O–H groups in total. The Morgan fingerprint density at radius 1 is 1.17 bits per heavy atom. The Morgan fingerprint density at radius 3 is 2.90 bits per heavy atom. The number of rotatable bonds is 2. The predicted octanol–water partition coefficient (Wildman–Crippen LogP) is 4.84. The third kappa shape index (κ3) is 4.34. The second-order valence-corrected chi connectivity index (χ2v) is 7.04. The number of carbonyl (C=O) groups is 1. The van der Waals surface area contributed by atoms with Crippen LogP contribution in [0.15, 0.2) is 54.9 Å². The van der Waals surface area contributed by atoms with E-state index in [0.717, 1.165) is 48.1 Å². The van der Waals surface area contributed by atoms with E-state index in [1.165, 1.54) is 12.3 Å². The third-order valence-corrected chi connectivity index (χ3v) is 4.77. The van der Waals surface area contributed by atoms with E-state index in [1.54, 1.807) is 4.90 Å². The van der Waals surface area contributed by atoms with Crippen molar-refractivity contribution in [3.63, 3.8) is 0 Å². The monoisotopic (exact) mass is 391 g/mol. The Bertz CT molecular complexity index is 1040. The maximum Gasteiger partial charge on any atom is 0.327 e. The number of fused-ring (bicyclic) bond motifs is 1. The van der Waals surface area contributed by atoms with Crippen molar-refractivity contribution >= 4 is 23.2 Å². The van der Waals surface area contributed by atoms with E-state index in [1.807, 2.05) is 37.3 Å². The van der Waals surface area contributed by atoms with Crippen LogP contribution < -0.4 is 15.5 Å². The molecular weight excluding hydrogens is 369 g/mol. The maximum absolute atomic E-state index is 13.4. The lowest BCUT2D eigenvalue weighted by Crippen LogP contribution is -2.38. The van der Waals surface area contributed by atoms with Gasteiger partial charge in [0, 0.05) is 24.7 Å². The molecule has 0 spiro atoms. The lowest BCUT2D eigenvalue weighted by Gasteiger charge is -2.27. The Labute approximate surface area is 168 Å². The van der Waals surface area contributed by atoms with E-state index in [9.17, 15) is 9.18 Å². The lowest BCUT2D eigenvalue weighted by molar-refractivity contribution is 0.256. The van der Waals surface area contributed by atoms with E-state index in [-0.39, 0.29) is 6.03 Å². The number of hydrogen-bond donors (Lipinski definition) is 2. The summed E-state index contributed by atoms with van der Waals surface area (Å²) in [6.07, 6.45) is 4.28. The van der Waals surface area contributed by atoms with Crippen molar-refractivity contribution in [3.8, 4) is 11.3 Å². The number of aromatic nitrogens is 2. The largest absolute Gasteiger partial charge is 0.382 e. The molecule has 148 valence electrons. The average Bonchev–Trinajstić information content (AvgIpc) is 2.68. The highest BCUT2D eigenvalue weighted by Crippen LogP contribution is 2.30. The molecule has 0 radical (unpaired) electrons. The minimum Gasteiger partial charge on any atom is -0.382 e. The Kier molecular flexibility index (Phi) is 5.37. The smallest absolute Gasteiger partial charge is 0.327 e. The summed E-state index contributed by atoms with van der Waals surface area (Å²) in [5.41, 5.74) is 4.03. The van der Waals surface area contributed by atoms with Crippen molar-refractivity contribution in [2.45, 2.75) is 19.8 Å². The van der Waals surface area contributed by atoms with Crippen molar-refractivity contribution in [3.05, 3.63) is 66.2 Å². The van der Waals surface area contributed by atoms with Crippen LogP contribution in [0.2, 0.25) is 0 Å². The molecule has 0 atom stereocenters. The van der Waals surface area contributed by atoms with Crippen molar-refractivity contribution in [1.82, 2.24) is 9.97 Å². The fourth-order valence-corrected chi connectivity index (χ4v) is 3.35. The minimum atomic E-state index is -0.502. The van der Waals surface area contributed by atoms with E-state index in [2.05, 4.69) is 21.7 Å². The quantitative estimate of drug-likeness (QED) is 0.656. The van der Waals surface area contributed by atoms with Gasteiger partial charge in [0.2, 0.25) is 0 Å².